The molecule has 1 aliphatic rings. The Balaban J connectivity index is 1.60. The first-order valence-corrected chi connectivity index (χ1v) is 10.9. The van der Waals surface area contributed by atoms with Crippen LogP contribution in [0.1, 0.15) is 6.92 Å². The molecule has 1 aromatic carbocycles. The van der Waals surface area contributed by atoms with Crippen LogP contribution in [0.5, 0.6) is 0 Å². The number of anilines is 2. The van der Waals surface area contributed by atoms with Crippen LogP contribution < -0.4 is 15.1 Å². The Labute approximate surface area is 171 Å². The molecule has 0 bridgehead atoms. The summed E-state index contributed by atoms with van der Waals surface area (Å²) in [6, 6.07) is 7.85. The largest absolute Gasteiger partial charge is 0.330 e. The molecule has 1 amide bonds. The van der Waals surface area contributed by atoms with Crippen LogP contribution in [-0.4, -0.2) is 74.9 Å². The fourth-order valence-corrected chi connectivity index (χ4v) is 4.21. The van der Waals surface area contributed by atoms with Crippen LogP contribution in [0, 0.1) is 0 Å². The van der Waals surface area contributed by atoms with Crippen LogP contribution in [0.25, 0.3) is 0 Å². The molecule has 0 unspecified atom stereocenters. The van der Waals surface area contributed by atoms with Crippen molar-refractivity contribution in [2.45, 2.75) is 17.9 Å². The lowest BCUT2D eigenvalue weighted by Crippen LogP contribution is -3.19. The van der Waals surface area contributed by atoms with Gasteiger partial charge in [-0.1, -0.05) is 6.07 Å². The second-order valence-electron chi connectivity index (χ2n) is 7.22. The molecular formula is C19H27N6O3S+. The molecule has 2 aromatic rings. The van der Waals surface area contributed by atoms with Gasteiger partial charge in [-0.15, -0.1) is 0 Å². The van der Waals surface area contributed by atoms with Crippen molar-refractivity contribution < 1.29 is 18.1 Å². The molecule has 0 saturated carbocycles. The van der Waals surface area contributed by atoms with Gasteiger partial charge in [0.25, 0.3) is 5.91 Å². The number of aromatic nitrogens is 2. The van der Waals surface area contributed by atoms with Crippen molar-refractivity contribution in [3.63, 3.8) is 0 Å². The maximum atomic E-state index is 12.7. The molecule has 1 aromatic heterocycles. The second-order valence-corrected chi connectivity index (χ2v) is 9.37. The van der Waals surface area contributed by atoms with Gasteiger partial charge < -0.3 is 15.1 Å². The van der Waals surface area contributed by atoms with Crippen molar-refractivity contribution in [1.29, 1.82) is 0 Å². The molecule has 3 rings (SSSR count). The molecule has 29 heavy (non-hydrogen) atoms. The topological polar surface area (TPSA) is 99.9 Å². The maximum absolute atomic E-state index is 12.7. The number of nitrogens with one attached hydrogen (secondary N) is 2. The molecule has 2 N–H and O–H groups in total. The van der Waals surface area contributed by atoms with Crippen LogP contribution >= 0.6 is 0 Å². The summed E-state index contributed by atoms with van der Waals surface area (Å²) in [6.07, 6.45) is 3.45. The molecule has 0 spiro atoms. The first kappa shape index (κ1) is 21.2. The summed E-state index contributed by atoms with van der Waals surface area (Å²) in [5, 5.41) is 2.85. The minimum Gasteiger partial charge on any atom is -0.330 e. The van der Waals surface area contributed by atoms with E-state index in [0.29, 0.717) is 11.6 Å². The van der Waals surface area contributed by atoms with Gasteiger partial charge in [-0.25, -0.2) is 22.7 Å². The minimum atomic E-state index is -3.55. The molecular weight excluding hydrogens is 392 g/mol. The number of rotatable bonds is 6. The summed E-state index contributed by atoms with van der Waals surface area (Å²) >= 11 is 0. The Morgan fingerprint density at radius 3 is 2.45 bits per heavy atom. The fraction of sp³-hybridized carbons (Fsp3) is 0.421. The van der Waals surface area contributed by atoms with Crippen LogP contribution in [0.3, 0.4) is 0 Å². The Morgan fingerprint density at radius 2 is 1.83 bits per heavy atom. The number of piperazine rings is 1. The summed E-state index contributed by atoms with van der Waals surface area (Å²) < 4.78 is 25.7. The zero-order valence-electron chi connectivity index (χ0n) is 16.9. The summed E-state index contributed by atoms with van der Waals surface area (Å²) in [4.78, 5) is 24.7. The number of carbonyl (C=O) groups is 1. The van der Waals surface area contributed by atoms with E-state index in [1.807, 2.05) is 6.92 Å². The first-order valence-electron chi connectivity index (χ1n) is 9.49. The number of hydrogen-bond donors (Lipinski definition) is 2. The molecule has 0 radical (unpaired) electrons. The van der Waals surface area contributed by atoms with Gasteiger partial charge in [0, 0.05) is 32.2 Å². The van der Waals surface area contributed by atoms with E-state index in [9.17, 15) is 13.2 Å². The zero-order valence-corrected chi connectivity index (χ0v) is 17.7. The SMILES string of the molecule is C[C@@H](C(=O)Nc1cccc(S(=O)(=O)N(C)C)c1)[NH+]1CCN(c2ncccn2)CC1. The number of hydrogen-bond acceptors (Lipinski definition) is 6. The fourth-order valence-electron chi connectivity index (χ4n) is 3.26. The van der Waals surface area contributed by atoms with E-state index in [-0.39, 0.29) is 16.8 Å². The number of nitrogens with zero attached hydrogens (tertiary/aromatic N) is 4. The van der Waals surface area contributed by atoms with Crippen LogP contribution in [-0.2, 0) is 14.8 Å². The van der Waals surface area contributed by atoms with Crippen molar-refractivity contribution in [1.82, 2.24) is 14.3 Å². The first-order chi connectivity index (χ1) is 13.8. The van der Waals surface area contributed by atoms with Gasteiger partial charge in [0.2, 0.25) is 16.0 Å². The van der Waals surface area contributed by atoms with Crippen molar-refractivity contribution in [3.8, 4) is 0 Å². The molecule has 9 nitrogen and oxygen atoms in total. The molecule has 1 aliphatic heterocycles. The lowest BCUT2D eigenvalue weighted by Gasteiger charge is -2.34. The highest BCUT2D eigenvalue weighted by Gasteiger charge is 2.30. The van der Waals surface area contributed by atoms with E-state index in [1.54, 1.807) is 30.6 Å². The van der Waals surface area contributed by atoms with Gasteiger partial charge in [0.1, 0.15) is 0 Å². The molecule has 10 heteroatoms. The average molecular weight is 420 g/mol. The van der Waals surface area contributed by atoms with Crippen LogP contribution in [0.4, 0.5) is 11.6 Å². The quantitative estimate of drug-likeness (QED) is 0.652. The number of sulfonamides is 1. The smallest absolute Gasteiger partial charge is 0.282 e. The van der Waals surface area contributed by atoms with E-state index < -0.39 is 10.0 Å². The van der Waals surface area contributed by atoms with Gasteiger partial charge >= 0.3 is 0 Å². The Bertz CT molecular complexity index is 943. The third kappa shape index (κ3) is 4.89. The summed E-state index contributed by atoms with van der Waals surface area (Å²) in [5.41, 5.74) is 0.473. The number of quaternary nitrogens is 1. The van der Waals surface area contributed by atoms with E-state index in [1.165, 1.54) is 31.1 Å². The minimum absolute atomic E-state index is 0.135. The lowest BCUT2D eigenvalue weighted by atomic mass is 10.2. The Kier molecular flexibility index (Phi) is 6.46. The van der Waals surface area contributed by atoms with E-state index in [0.717, 1.165) is 30.5 Å². The normalized spacial score (nSPS) is 16.6. The van der Waals surface area contributed by atoms with Gasteiger partial charge in [0.05, 0.1) is 31.1 Å². The van der Waals surface area contributed by atoms with Crippen molar-refractivity contribution >= 4 is 27.6 Å². The highest BCUT2D eigenvalue weighted by atomic mass is 32.2. The third-order valence-electron chi connectivity index (χ3n) is 5.13. The predicted molar refractivity (Wildman–Crippen MR) is 110 cm³/mol. The van der Waals surface area contributed by atoms with Gasteiger partial charge in [-0.3, -0.25) is 4.79 Å². The number of carbonyl (C=O) groups excluding carboxylic acids is 1. The van der Waals surface area contributed by atoms with Crippen LogP contribution in [0.15, 0.2) is 47.6 Å². The molecule has 2 heterocycles. The van der Waals surface area contributed by atoms with Crippen molar-refractivity contribution in [3.05, 3.63) is 42.7 Å². The summed E-state index contributed by atoms with van der Waals surface area (Å²) in [5.74, 6) is 0.575. The molecule has 1 fully saturated rings. The average Bonchev–Trinajstić information content (AvgIpc) is 2.74. The highest BCUT2D eigenvalue weighted by molar-refractivity contribution is 7.89. The molecule has 1 atom stereocenters. The molecule has 156 valence electrons. The van der Waals surface area contributed by atoms with Crippen LogP contribution in [0.2, 0.25) is 0 Å². The third-order valence-corrected chi connectivity index (χ3v) is 6.94. The Morgan fingerprint density at radius 1 is 1.17 bits per heavy atom. The number of benzene rings is 1. The monoisotopic (exact) mass is 419 g/mol. The van der Waals surface area contributed by atoms with E-state index in [2.05, 4.69) is 20.2 Å². The summed E-state index contributed by atoms with van der Waals surface area (Å²) in [6.45, 7) is 5.02. The van der Waals surface area contributed by atoms with Gasteiger partial charge in [-0.05, 0) is 31.2 Å². The second kappa shape index (κ2) is 8.85. The predicted octanol–water partition coefficient (Wildman–Crippen LogP) is -0.541. The van der Waals surface area contributed by atoms with Crippen molar-refractivity contribution in [2.24, 2.45) is 0 Å². The summed E-state index contributed by atoms with van der Waals surface area (Å²) in [7, 11) is -0.592. The maximum Gasteiger partial charge on any atom is 0.282 e. The van der Waals surface area contributed by atoms with Gasteiger partial charge in [-0.2, -0.15) is 0 Å². The highest BCUT2D eigenvalue weighted by Crippen LogP contribution is 2.18. The van der Waals surface area contributed by atoms with Crippen molar-refractivity contribution in [2.75, 3.05) is 50.5 Å². The van der Waals surface area contributed by atoms with E-state index in [4.69, 9.17) is 0 Å². The standard InChI is InChI=1S/C19H26N6O3S/c1-15(24-10-12-25(13-11-24)19-20-8-5-9-21-19)18(26)22-16-6-4-7-17(14-16)29(27,28)23(2)3/h4-9,14-15H,10-13H2,1-3H3,(H,22,26)/p+1/t15-/m0/s1. The molecule has 0 aliphatic carbocycles. The zero-order chi connectivity index (χ0) is 21.0. The Hall–Kier alpha value is -2.56. The van der Waals surface area contributed by atoms with E-state index >= 15 is 0 Å². The van der Waals surface area contributed by atoms with Gasteiger partial charge in [0.15, 0.2) is 6.04 Å². The lowest BCUT2D eigenvalue weighted by molar-refractivity contribution is -0.914. The molecule has 1 saturated heterocycles. The number of amides is 1.